The van der Waals surface area contributed by atoms with Gasteiger partial charge < -0.3 is 10.6 Å². The van der Waals surface area contributed by atoms with Gasteiger partial charge in [-0.25, -0.2) is 9.97 Å². The maximum Gasteiger partial charge on any atom is 0.134 e. The molecule has 4 nitrogen and oxygen atoms in total. The lowest BCUT2D eigenvalue weighted by Crippen LogP contribution is -2.26. The van der Waals surface area contributed by atoms with Crippen LogP contribution in [0.4, 0.5) is 5.82 Å². The highest BCUT2D eigenvalue weighted by Crippen LogP contribution is 2.21. The Morgan fingerprint density at radius 3 is 3.15 bits per heavy atom. The van der Waals surface area contributed by atoms with E-state index in [9.17, 15) is 0 Å². The number of hydrogen-bond donors (Lipinski definition) is 2. The molecule has 0 amide bonds. The van der Waals surface area contributed by atoms with Gasteiger partial charge in [-0.2, -0.15) is 0 Å². The normalized spacial score (nSPS) is 13.9. The summed E-state index contributed by atoms with van der Waals surface area (Å²) in [6.45, 7) is 4.74. The van der Waals surface area contributed by atoms with E-state index in [0.29, 0.717) is 0 Å². The zero-order valence-electron chi connectivity index (χ0n) is 11.4. The zero-order chi connectivity index (χ0) is 13.9. The van der Waals surface area contributed by atoms with Gasteiger partial charge in [0.1, 0.15) is 12.1 Å². The molecule has 0 saturated carbocycles. The van der Waals surface area contributed by atoms with Crippen molar-refractivity contribution >= 4 is 21.7 Å². The molecule has 0 atom stereocenters. The van der Waals surface area contributed by atoms with Crippen molar-refractivity contribution in [1.82, 2.24) is 15.3 Å². The lowest BCUT2D eigenvalue weighted by molar-refractivity contribution is 0.627. The number of benzene rings is 1. The highest BCUT2D eigenvalue weighted by molar-refractivity contribution is 9.10. The third-order valence-corrected chi connectivity index (χ3v) is 4.13. The molecule has 20 heavy (non-hydrogen) atoms. The van der Waals surface area contributed by atoms with E-state index < -0.39 is 0 Å². The fourth-order valence-corrected chi connectivity index (χ4v) is 2.84. The Kier molecular flexibility index (Phi) is 3.98. The van der Waals surface area contributed by atoms with Gasteiger partial charge in [-0.15, -0.1) is 0 Å². The SMILES string of the molecule is Cc1ccc(Br)cc1CNc1ncnc2c1CNCC2. The molecule has 1 aromatic heterocycles. The second-order valence-corrected chi connectivity index (χ2v) is 5.91. The van der Waals surface area contributed by atoms with Crippen LogP contribution in [0, 0.1) is 6.92 Å². The van der Waals surface area contributed by atoms with Crippen molar-refractivity contribution in [2.24, 2.45) is 0 Å². The first kappa shape index (κ1) is 13.5. The Morgan fingerprint density at radius 1 is 1.35 bits per heavy atom. The predicted octanol–water partition coefficient (Wildman–Crippen LogP) is 2.81. The topological polar surface area (TPSA) is 49.8 Å². The monoisotopic (exact) mass is 332 g/mol. The van der Waals surface area contributed by atoms with E-state index >= 15 is 0 Å². The first-order chi connectivity index (χ1) is 9.74. The number of halogens is 1. The second-order valence-electron chi connectivity index (χ2n) is 5.00. The highest BCUT2D eigenvalue weighted by Gasteiger charge is 2.14. The van der Waals surface area contributed by atoms with Crippen molar-refractivity contribution in [3.8, 4) is 0 Å². The first-order valence-electron chi connectivity index (χ1n) is 6.76. The fraction of sp³-hybridized carbons (Fsp3) is 0.333. The summed E-state index contributed by atoms with van der Waals surface area (Å²) in [4.78, 5) is 8.75. The molecule has 0 bridgehead atoms. The minimum absolute atomic E-state index is 0.773. The highest BCUT2D eigenvalue weighted by atomic mass is 79.9. The lowest BCUT2D eigenvalue weighted by atomic mass is 10.1. The van der Waals surface area contributed by atoms with E-state index in [1.165, 1.54) is 16.7 Å². The number of rotatable bonds is 3. The van der Waals surface area contributed by atoms with Gasteiger partial charge in [0.25, 0.3) is 0 Å². The van der Waals surface area contributed by atoms with Crippen LogP contribution in [-0.4, -0.2) is 16.5 Å². The van der Waals surface area contributed by atoms with Gasteiger partial charge in [-0.3, -0.25) is 0 Å². The molecule has 1 aliphatic heterocycles. The van der Waals surface area contributed by atoms with Crippen LogP contribution in [0.2, 0.25) is 0 Å². The third kappa shape index (κ3) is 2.83. The molecule has 0 unspecified atom stereocenters. The van der Waals surface area contributed by atoms with Crippen molar-refractivity contribution in [3.05, 3.63) is 51.4 Å². The molecule has 0 fully saturated rings. The first-order valence-corrected chi connectivity index (χ1v) is 7.55. The summed E-state index contributed by atoms with van der Waals surface area (Å²) in [5, 5.41) is 6.82. The van der Waals surface area contributed by atoms with Crippen LogP contribution in [0.5, 0.6) is 0 Å². The van der Waals surface area contributed by atoms with E-state index in [1.807, 2.05) is 0 Å². The number of hydrogen-bond acceptors (Lipinski definition) is 4. The average molecular weight is 333 g/mol. The molecule has 3 rings (SSSR count). The number of anilines is 1. The minimum Gasteiger partial charge on any atom is -0.366 e. The summed E-state index contributed by atoms with van der Waals surface area (Å²) in [6, 6.07) is 6.33. The molecule has 2 N–H and O–H groups in total. The summed E-state index contributed by atoms with van der Waals surface area (Å²) >= 11 is 3.52. The van der Waals surface area contributed by atoms with E-state index in [4.69, 9.17) is 0 Å². The number of aryl methyl sites for hydroxylation is 1. The van der Waals surface area contributed by atoms with Crippen LogP contribution in [0.15, 0.2) is 29.0 Å². The summed E-state index contributed by atoms with van der Waals surface area (Å²) < 4.78 is 1.10. The Hall–Kier alpha value is -1.46. The van der Waals surface area contributed by atoms with E-state index in [2.05, 4.69) is 61.7 Å². The zero-order valence-corrected chi connectivity index (χ0v) is 13.0. The van der Waals surface area contributed by atoms with Gasteiger partial charge in [-0.1, -0.05) is 22.0 Å². The van der Waals surface area contributed by atoms with E-state index in [0.717, 1.165) is 42.0 Å². The molecule has 2 aromatic rings. The fourth-order valence-electron chi connectivity index (χ4n) is 2.43. The Bertz CT molecular complexity index is 627. The molecule has 0 radical (unpaired) electrons. The molecular weight excluding hydrogens is 316 g/mol. The quantitative estimate of drug-likeness (QED) is 0.907. The minimum atomic E-state index is 0.773. The molecule has 0 aliphatic carbocycles. The summed E-state index contributed by atoms with van der Waals surface area (Å²) in [5.74, 6) is 0.946. The molecular formula is C15H17BrN4. The number of aromatic nitrogens is 2. The van der Waals surface area contributed by atoms with Crippen molar-refractivity contribution < 1.29 is 0 Å². The van der Waals surface area contributed by atoms with Crippen LogP contribution in [0.3, 0.4) is 0 Å². The summed E-state index contributed by atoms with van der Waals surface area (Å²) in [5.41, 5.74) is 4.91. The average Bonchev–Trinajstić information content (AvgIpc) is 2.48. The predicted molar refractivity (Wildman–Crippen MR) is 83.6 cm³/mol. The van der Waals surface area contributed by atoms with Crippen LogP contribution in [0.25, 0.3) is 0 Å². The summed E-state index contributed by atoms with van der Waals surface area (Å²) in [6.07, 6.45) is 2.63. The van der Waals surface area contributed by atoms with Crippen LogP contribution >= 0.6 is 15.9 Å². The Balaban J connectivity index is 1.80. The van der Waals surface area contributed by atoms with Crippen LogP contribution in [0.1, 0.15) is 22.4 Å². The number of fused-ring (bicyclic) bond motifs is 1. The molecule has 1 aliphatic rings. The summed E-state index contributed by atoms with van der Waals surface area (Å²) in [7, 11) is 0. The molecule has 104 valence electrons. The number of nitrogens with zero attached hydrogens (tertiary/aromatic N) is 2. The maximum atomic E-state index is 4.39. The van der Waals surface area contributed by atoms with Gasteiger partial charge in [0.05, 0.1) is 5.69 Å². The maximum absolute atomic E-state index is 4.39. The molecule has 0 spiro atoms. The third-order valence-electron chi connectivity index (χ3n) is 3.63. The van der Waals surface area contributed by atoms with Crippen molar-refractivity contribution in [2.75, 3.05) is 11.9 Å². The van der Waals surface area contributed by atoms with Crippen LogP contribution < -0.4 is 10.6 Å². The molecule has 2 heterocycles. The van der Waals surface area contributed by atoms with E-state index in [-0.39, 0.29) is 0 Å². The van der Waals surface area contributed by atoms with Gasteiger partial charge in [0, 0.05) is 36.1 Å². The molecule has 0 saturated heterocycles. The molecule has 1 aromatic carbocycles. The van der Waals surface area contributed by atoms with Crippen molar-refractivity contribution in [3.63, 3.8) is 0 Å². The Labute approximate surface area is 127 Å². The number of nitrogens with one attached hydrogen (secondary N) is 2. The second kappa shape index (κ2) is 5.89. The smallest absolute Gasteiger partial charge is 0.134 e. The van der Waals surface area contributed by atoms with E-state index in [1.54, 1.807) is 6.33 Å². The standard InChI is InChI=1S/C15H17BrN4/c1-10-2-3-12(16)6-11(10)7-18-15-13-8-17-5-4-14(13)19-9-20-15/h2-3,6,9,17H,4-5,7-8H2,1H3,(H,18,19,20). The van der Waals surface area contributed by atoms with Gasteiger partial charge >= 0.3 is 0 Å². The van der Waals surface area contributed by atoms with Crippen LogP contribution in [-0.2, 0) is 19.5 Å². The van der Waals surface area contributed by atoms with Crippen molar-refractivity contribution in [1.29, 1.82) is 0 Å². The Morgan fingerprint density at radius 2 is 2.25 bits per heavy atom. The van der Waals surface area contributed by atoms with Gasteiger partial charge in [-0.05, 0) is 30.2 Å². The molecule has 5 heteroatoms. The van der Waals surface area contributed by atoms with Gasteiger partial charge in [0.2, 0.25) is 0 Å². The lowest BCUT2D eigenvalue weighted by Gasteiger charge is -2.19. The largest absolute Gasteiger partial charge is 0.366 e. The van der Waals surface area contributed by atoms with Crippen molar-refractivity contribution in [2.45, 2.75) is 26.4 Å². The van der Waals surface area contributed by atoms with Gasteiger partial charge in [0.15, 0.2) is 0 Å².